The highest BCUT2D eigenvalue weighted by Crippen LogP contribution is 2.10. The Morgan fingerprint density at radius 2 is 2.33 bits per heavy atom. The molecule has 1 rings (SSSR count). The minimum atomic E-state index is 0.497. The van der Waals surface area contributed by atoms with E-state index in [1.165, 1.54) is 12.0 Å². The lowest BCUT2D eigenvalue weighted by molar-refractivity contribution is 0.397. The van der Waals surface area contributed by atoms with Gasteiger partial charge in [-0.15, -0.1) is 0 Å². The minimum Gasteiger partial charge on any atom is -0.481 e. The Hall–Kier alpha value is -1.09. The monoisotopic (exact) mass is 208 g/mol. The van der Waals surface area contributed by atoms with Crippen LogP contribution >= 0.6 is 0 Å². The van der Waals surface area contributed by atoms with Gasteiger partial charge in [-0.25, -0.2) is 4.98 Å². The van der Waals surface area contributed by atoms with E-state index in [-0.39, 0.29) is 0 Å². The van der Waals surface area contributed by atoms with Gasteiger partial charge in [0.15, 0.2) is 0 Å². The fourth-order valence-corrected chi connectivity index (χ4v) is 1.51. The van der Waals surface area contributed by atoms with Crippen LogP contribution in [0.4, 0.5) is 0 Å². The number of aromatic nitrogens is 1. The van der Waals surface area contributed by atoms with E-state index in [0.717, 1.165) is 13.0 Å². The van der Waals surface area contributed by atoms with Crippen LogP contribution in [-0.2, 0) is 6.42 Å². The molecule has 15 heavy (non-hydrogen) atoms. The van der Waals surface area contributed by atoms with E-state index in [4.69, 9.17) is 4.74 Å². The second-order valence-electron chi connectivity index (χ2n) is 3.77. The van der Waals surface area contributed by atoms with Crippen molar-refractivity contribution in [2.75, 3.05) is 13.7 Å². The number of nitrogens with one attached hydrogen (secondary N) is 1. The predicted molar refractivity (Wildman–Crippen MR) is 62.2 cm³/mol. The number of pyridine rings is 1. The molecule has 0 aliphatic carbocycles. The predicted octanol–water partition coefficient (Wildman–Crippen LogP) is 2.02. The van der Waals surface area contributed by atoms with Crippen LogP contribution in [0.25, 0.3) is 0 Å². The third-order valence-electron chi connectivity index (χ3n) is 2.29. The van der Waals surface area contributed by atoms with Crippen LogP contribution in [0.3, 0.4) is 0 Å². The number of methoxy groups -OCH3 is 1. The largest absolute Gasteiger partial charge is 0.481 e. The van der Waals surface area contributed by atoms with Crippen LogP contribution in [0.5, 0.6) is 5.88 Å². The summed E-state index contributed by atoms with van der Waals surface area (Å²) >= 11 is 0. The second-order valence-corrected chi connectivity index (χ2v) is 3.77. The van der Waals surface area contributed by atoms with Gasteiger partial charge in [0.05, 0.1) is 7.11 Å². The van der Waals surface area contributed by atoms with Crippen molar-refractivity contribution < 1.29 is 4.74 Å². The van der Waals surface area contributed by atoms with Gasteiger partial charge < -0.3 is 10.1 Å². The van der Waals surface area contributed by atoms with E-state index in [9.17, 15) is 0 Å². The Bertz CT molecular complexity index is 289. The summed E-state index contributed by atoms with van der Waals surface area (Å²) in [6.45, 7) is 5.45. The van der Waals surface area contributed by atoms with Crippen molar-refractivity contribution in [1.82, 2.24) is 10.3 Å². The first-order valence-electron chi connectivity index (χ1n) is 5.48. The van der Waals surface area contributed by atoms with Crippen molar-refractivity contribution in [3.8, 4) is 5.88 Å². The molecule has 3 nitrogen and oxygen atoms in total. The van der Waals surface area contributed by atoms with Crippen molar-refractivity contribution in [2.45, 2.75) is 32.7 Å². The number of rotatable bonds is 6. The fraction of sp³-hybridized carbons (Fsp3) is 0.583. The topological polar surface area (TPSA) is 34.2 Å². The Labute approximate surface area is 91.9 Å². The molecule has 0 saturated carbocycles. The average Bonchev–Trinajstić information content (AvgIpc) is 2.26. The molecule has 0 radical (unpaired) electrons. The molecule has 0 saturated heterocycles. The molecule has 0 aliphatic rings. The molecule has 1 heterocycles. The quantitative estimate of drug-likeness (QED) is 0.776. The zero-order valence-electron chi connectivity index (χ0n) is 9.79. The van der Waals surface area contributed by atoms with Crippen molar-refractivity contribution in [2.24, 2.45) is 0 Å². The molecule has 0 spiro atoms. The number of ether oxygens (including phenoxy) is 1. The van der Waals surface area contributed by atoms with Crippen molar-refractivity contribution >= 4 is 0 Å². The molecule has 0 aliphatic heterocycles. The van der Waals surface area contributed by atoms with Gasteiger partial charge in [0.1, 0.15) is 0 Å². The molecule has 1 atom stereocenters. The molecule has 1 N–H and O–H groups in total. The van der Waals surface area contributed by atoms with E-state index in [2.05, 4.69) is 24.1 Å². The molecule has 3 heteroatoms. The van der Waals surface area contributed by atoms with Crippen LogP contribution in [0.15, 0.2) is 18.3 Å². The Balaban J connectivity index is 2.48. The molecule has 0 aromatic carbocycles. The maximum Gasteiger partial charge on any atom is 0.213 e. The van der Waals surface area contributed by atoms with Crippen molar-refractivity contribution in [3.63, 3.8) is 0 Å². The first kappa shape index (κ1) is 12.0. The van der Waals surface area contributed by atoms with Gasteiger partial charge in [0.2, 0.25) is 5.88 Å². The first-order valence-corrected chi connectivity index (χ1v) is 5.48. The summed E-state index contributed by atoms with van der Waals surface area (Å²) in [6.07, 6.45) is 3.98. The normalized spacial score (nSPS) is 12.5. The molecular formula is C12H20N2O. The van der Waals surface area contributed by atoms with Crippen LogP contribution < -0.4 is 10.1 Å². The van der Waals surface area contributed by atoms with Gasteiger partial charge in [-0.3, -0.25) is 0 Å². The lowest BCUT2D eigenvalue weighted by Gasteiger charge is -2.13. The van der Waals surface area contributed by atoms with Gasteiger partial charge in [-0.1, -0.05) is 6.92 Å². The highest BCUT2D eigenvalue weighted by Gasteiger charge is 2.03. The minimum absolute atomic E-state index is 0.497. The third kappa shape index (κ3) is 4.30. The van der Waals surface area contributed by atoms with Crippen LogP contribution in [0.2, 0.25) is 0 Å². The maximum atomic E-state index is 5.09. The van der Waals surface area contributed by atoms with E-state index in [0.29, 0.717) is 11.9 Å². The second kappa shape index (κ2) is 6.40. The van der Waals surface area contributed by atoms with E-state index in [1.54, 1.807) is 13.3 Å². The van der Waals surface area contributed by atoms with Crippen molar-refractivity contribution in [3.05, 3.63) is 23.9 Å². The zero-order valence-corrected chi connectivity index (χ0v) is 9.79. The standard InChI is InChI=1S/C12H20N2O/c1-4-6-13-10(2)8-11-5-7-14-12(9-11)15-3/h5,7,9-10,13H,4,6,8H2,1-3H3. The summed E-state index contributed by atoms with van der Waals surface area (Å²) in [4.78, 5) is 4.08. The molecule has 0 fully saturated rings. The Kier molecular flexibility index (Phi) is 5.12. The molecule has 0 amide bonds. The fourth-order valence-electron chi connectivity index (χ4n) is 1.51. The first-order chi connectivity index (χ1) is 7.26. The average molecular weight is 208 g/mol. The summed E-state index contributed by atoms with van der Waals surface area (Å²) in [5.74, 6) is 0.690. The number of nitrogens with zero attached hydrogens (tertiary/aromatic N) is 1. The summed E-state index contributed by atoms with van der Waals surface area (Å²) in [6, 6.07) is 4.52. The summed E-state index contributed by atoms with van der Waals surface area (Å²) in [5, 5.41) is 3.46. The van der Waals surface area contributed by atoms with Gasteiger partial charge in [0.25, 0.3) is 0 Å². The van der Waals surface area contributed by atoms with Gasteiger partial charge in [-0.05, 0) is 37.9 Å². The summed E-state index contributed by atoms with van der Waals surface area (Å²) < 4.78 is 5.09. The van der Waals surface area contributed by atoms with Gasteiger partial charge >= 0.3 is 0 Å². The molecule has 1 aromatic heterocycles. The van der Waals surface area contributed by atoms with Crippen LogP contribution in [0, 0.1) is 0 Å². The molecule has 1 unspecified atom stereocenters. The Morgan fingerprint density at radius 3 is 3.00 bits per heavy atom. The lowest BCUT2D eigenvalue weighted by Crippen LogP contribution is -2.28. The van der Waals surface area contributed by atoms with E-state index in [1.807, 2.05) is 12.1 Å². The van der Waals surface area contributed by atoms with Crippen LogP contribution in [-0.4, -0.2) is 24.7 Å². The third-order valence-corrected chi connectivity index (χ3v) is 2.29. The number of hydrogen-bond acceptors (Lipinski definition) is 3. The van der Waals surface area contributed by atoms with Crippen LogP contribution in [0.1, 0.15) is 25.8 Å². The summed E-state index contributed by atoms with van der Waals surface area (Å²) in [7, 11) is 1.64. The zero-order chi connectivity index (χ0) is 11.1. The highest BCUT2D eigenvalue weighted by molar-refractivity contribution is 5.21. The lowest BCUT2D eigenvalue weighted by atomic mass is 10.1. The van der Waals surface area contributed by atoms with Gasteiger partial charge in [-0.2, -0.15) is 0 Å². The molecular weight excluding hydrogens is 188 g/mol. The van der Waals surface area contributed by atoms with Gasteiger partial charge in [0, 0.05) is 18.3 Å². The smallest absolute Gasteiger partial charge is 0.213 e. The highest BCUT2D eigenvalue weighted by atomic mass is 16.5. The van der Waals surface area contributed by atoms with Crippen molar-refractivity contribution in [1.29, 1.82) is 0 Å². The molecule has 84 valence electrons. The SMILES string of the molecule is CCCNC(C)Cc1ccnc(OC)c1. The van der Waals surface area contributed by atoms with E-state index < -0.39 is 0 Å². The summed E-state index contributed by atoms with van der Waals surface area (Å²) in [5.41, 5.74) is 1.26. The molecule has 1 aromatic rings. The number of hydrogen-bond donors (Lipinski definition) is 1. The molecule has 0 bridgehead atoms. The Morgan fingerprint density at radius 1 is 1.53 bits per heavy atom. The maximum absolute atomic E-state index is 5.09. The van der Waals surface area contributed by atoms with E-state index >= 15 is 0 Å².